The summed E-state index contributed by atoms with van der Waals surface area (Å²) >= 11 is 0. The molecule has 1 N–H and O–H groups in total. The smallest absolute Gasteiger partial charge is 0.226 e. The molecule has 3 aromatic rings. The average molecular weight is 349 g/mol. The van der Waals surface area contributed by atoms with Gasteiger partial charge < -0.3 is 9.84 Å². The quantitative estimate of drug-likeness (QED) is 0.705. The van der Waals surface area contributed by atoms with Gasteiger partial charge in [-0.05, 0) is 56.5 Å². The van der Waals surface area contributed by atoms with Crippen LogP contribution in [-0.4, -0.2) is 16.0 Å². The van der Waals surface area contributed by atoms with Crippen molar-refractivity contribution in [2.45, 2.75) is 40.0 Å². The van der Waals surface area contributed by atoms with Gasteiger partial charge in [-0.3, -0.25) is 4.79 Å². The van der Waals surface area contributed by atoms with Crippen molar-refractivity contribution >= 4 is 11.6 Å². The Hall–Kier alpha value is -2.95. The summed E-state index contributed by atoms with van der Waals surface area (Å²) < 4.78 is 5.30. The van der Waals surface area contributed by atoms with E-state index in [-0.39, 0.29) is 5.91 Å². The Morgan fingerprint density at radius 3 is 2.69 bits per heavy atom. The van der Waals surface area contributed by atoms with Crippen molar-refractivity contribution < 1.29 is 9.32 Å². The molecule has 0 aliphatic carbocycles. The van der Waals surface area contributed by atoms with E-state index in [0.29, 0.717) is 31.0 Å². The van der Waals surface area contributed by atoms with Crippen LogP contribution in [-0.2, 0) is 11.2 Å². The summed E-state index contributed by atoms with van der Waals surface area (Å²) in [6.45, 7) is 6.11. The van der Waals surface area contributed by atoms with Crippen LogP contribution in [0, 0.1) is 20.8 Å². The van der Waals surface area contributed by atoms with Gasteiger partial charge in [0.2, 0.25) is 17.6 Å². The number of nitrogens with zero attached hydrogens (tertiary/aromatic N) is 2. The number of carbonyl (C=O) groups is 1. The Balaban J connectivity index is 1.50. The molecular formula is C21H23N3O2. The minimum Gasteiger partial charge on any atom is -0.339 e. The van der Waals surface area contributed by atoms with E-state index < -0.39 is 0 Å². The van der Waals surface area contributed by atoms with Gasteiger partial charge in [0.05, 0.1) is 0 Å². The van der Waals surface area contributed by atoms with Gasteiger partial charge in [0, 0.05) is 24.1 Å². The number of anilines is 1. The Kier molecular flexibility index (Phi) is 5.46. The Morgan fingerprint density at radius 1 is 1.08 bits per heavy atom. The number of benzene rings is 2. The molecule has 1 aromatic heterocycles. The first-order valence-corrected chi connectivity index (χ1v) is 8.78. The van der Waals surface area contributed by atoms with Crippen molar-refractivity contribution in [3.8, 4) is 11.4 Å². The number of amides is 1. The fourth-order valence-corrected chi connectivity index (χ4v) is 2.70. The maximum absolute atomic E-state index is 12.1. The summed E-state index contributed by atoms with van der Waals surface area (Å²) in [5.41, 5.74) is 5.29. The summed E-state index contributed by atoms with van der Waals surface area (Å²) in [5.74, 6) is 1.13. The van der Waals surface area contributed by atoms with E-state index in [1.807, 2.05) is 56.3 Å². The van der Waals surface area contributed by atoms with Gasteiger partial charge in [-0.2, -0.15) is 4.98 Å². The molecule has 0 spiro atoms. The molecule has 1 heterocycles. The molecule has 26 heavy (non-hydrogen) atoms. The van der Waals surface area contributed by atoms with Crippen LogP contribution >= 0.6 is 0 Å². The molecule has 0 aliphatic heterocycles. The van der Waals surface area contributed by atoms with Gasteiger partial charge in [0.1, 0.15) is 0 Å². The fraction of sp³-hybridized carbons (Fsp3) is 0.286. The highest BCUT2D eigenvalue weighted by molar-refractivity contribution is 5.90. The van der Waals surface area contributed by atoms with Crippen LogP contribution in [0.4, 0.5) is 5.69 Å². The number of hydrogen-bond acceptors (Lipinski definition) is 4. The van der Waals surface area contributed by atoms with Gasteiger partial charge in [-0.1, -0.05) is 35.0 Å². The van der Waals surface area contributed by atoms with Crippen molar-refractivity contribution in [2.24, 2.45) is 0 Å². The second-order valence-electron chi connectivity index (χ2n) is 6.58. The van der Waals surface area contributed by atoms with Gasteiger partial charge in [0.15, 0.2) is 0 Å². The summed E-state index contributed by atoms with van der Waals surface area (Å²) in [5, 5.41) is 6.95. The van der Waals surface area contributed by atoms with Gasteiger partial charge in [-0.15, -0.1) is 0 Å². The molecule has 0 unspecified atom stereocenters. The van der Waals surface area contributed by atoms with E-state index in [1.54, 1.807) is 0 Å². The summed E-state index contributed by atoms with van der Waals surface area (Å²) in [6, 6.07) is 13.9. The van der Waals surface area contributed by atoms with E-state index in [0.717, 1.165) is 22.4 Å². The Morgan fingerprint density at radius 2 is 1.92 bits per heavy atom. The number of hydrogen-bond donors (Lipinski definition) is 1. The molecule has 5 heteroatoms. The lowest BCUT2D eigenvalue weighted by Crippen LogP contribution is -2.11. The molecule has 5 nitrogen and oxygen atoms in total. The number of aryl methyl sites for hydroxylation is 4. The minimum atomic E-state index is -0.00771. The number of carbonyl (C=O) groups excluding carboxylic acids is 1. The molecule has 134 valence electrons. The number of rotatable bonds is 6. The number of aromatic nitrogens is 2. The fourth-order valence-electron chi connectivity index (χ4n) is 2.70. The molecule has 1 amide bonds. The van der Waals surface area contributed by atoms with Gasteiger partial charge in [-0.25, -0.2) is 0 Å². The van der Waals surface area contributed by atoms with Crippen LogP contribution in [0.15, 0.2) is 47.0 Å². The summed E-state index contributed by atoms with van der Waals surface area (Å²) in [4.78, 5) is 16.5. The highest BCUT2D eigenvalue weighted by Crippen LogP contribution is 2.18. The third kappa shape index (κ3) is 4.57. The molecule has 3 rings (SSSR count). The van der Waals surface area contributed by atoms with Crippen LogP contribution in [0.25, 0.3) is 11.4 Å². The molecule has 0 radical (unpaired) electrons. The second kappa shape index (κ2) is 7.95. The molecule has 0 fully saturated rings. The predicted molar refractivity (Wildman–Crippen MR) is 102 cm³/mol. The first-order valence-electron chi connectivity index (χ1n) is 8.78. The molecule has 0 bridgehead atoms. The van der Waals surface area contributed by atoms with Crippen molar-refractivity contribution in [2.75, 3.05) is 5.32 Å². The van der Waals surface area contributed by atoms with Crippen molar-refractivity contribution in [1.29, 1.82) is 0 Å². The van der Waals surface area contributed by atoms with E-state index in [9.17, 15) is 4.79 Å². The van der Waals surface area contributed by atoms with E-state index in [4.69, 9.17) is 4.52 Å². The van der Waals surface area contributed by atoms with Crippen molar-refractivity contribution in [3.05, 3.63) is 65.0 Å². The largest absolute Gasteiger partial charge is 0.339 e. The van der Waals surface area contributed by atoms with Crippen LogP contribution in [0.1, 0.15) is 35.4 Å². The standard InChI is InChI=1S/C21H23N3O2/c1-14-6-4-7-17(12-14)21-23-20(26-24-21)9-5-8-19(25)22-18-11-10-15(2)16(3)13-18/h4,6-7,10-13H,5,8-9H2,1-3H3,(H,22,25). The maximum Gasteiger partial charge on any atom is 0.226 e. The summed E-state index contributed by atoms with van der Waals surface area (Å²) in [7, 11) is 0. The third-order valence-electron chi connectivity index (χ3n) is 4.33. The zero-order chi connectivity index (χ0) is 18.5. The van der Waals surface area contributed by atoms with Crippen LogP contribution in [0.5, 0.6) is 0 Å². The van der Waals surface area contributed by atoms with Gasteiger partial charge >= 0.3 is 0 Å². The lowest BCUT2D eigenvalue weighted by Gasteiger charge is -2.07. The van der Waals surface area contributed by atoms with Crippen molar-refractivity contribution in [1.82, 2.24) is 10.1 Å². The maximum atomic E-state index is 12.1. The predicted octanol–water partition coefficient (Wildman–Crippen LogP) is 4.62. The zero-order valence-electron chi connectivity index (χ0n) is 15.4. The lowest BCUT2D eigenvalue weighted by molar-refractivity contribution is -0.116. The monoisotopic (exact) mass is 349 g/mol. The second-order valence-corrected chi connectivity index (χ2v) is 6.58. The zero-order valence-corrected chi connectivity index (χ0v) is 15.4. The molecular weight excluding hydrogens is 326 g/mol. The lowest BCUT2D eigenvalue weighted by atomic mass is 10.1. The minimum absolute atomic E-state index is 0.00771. The highest BCUT2D eigenvalue weighted by Gasteiger charge is 2.10. The van der Waals surface area contributed by atoms with Crippen LogP contribution in [0.2, 0.25) is 0 Å². The molecule has 0 saturated carbocycles. The third-order valence-corrected chi connectivity index (χ3v) is 4.33. The Bertz CT molecular complexity index is 915. The van der Waals surface area contributed by atoms with Crippen LogP contribution in [0.3, 0.4) is 0 Å². The molecule has 0 atom stereocenters. The normalized spacial score (nSPS) is 10.7. The molecule has 0 aliphatic rings. The van der Waals surface area contributed by atoms with E-state index in [1.165, 1.54) is 5.56 Å². The highest BCUT2D eigenvalue weighted by atomic mass is 16.5. The Labute approximate surface area is 153 Å². The van der Waals surface area contributed by atoms with Crippen molar-refractivity contribution in [3.63, 3.8) is 0 Å². The number of nitrogens with one attached hydrogen (secondary N) is 1. The van der Waals surface area contributed by atoms with Crippen LogP contribution < -0.4 is 5.32 Å². The molecule has 0 saturated heterocycles. The van der Waals surface area contributed by atoms with E-state index in [2.05, 4.69) is 22.4 Å². The summed E-state index contributed by atoms with van der Waals surface area (Å²) in [6.07, 6.45) is 1.65. The SMILES string of the molecule is Cc1cccc(-c2noc(CCCC(=O)Nc3ccc(C)c(C)c3)n2)c1. The first-order chi connectivity index (χ1) is 12.5. The molecule has 2 aromatic carbocycles. The van der Waals surface area contributed by atoms with Gasteiger partial charge in [0.25, 0.3) is 0 Å². The average Bonchev–Trinajstić information content (AvgIpc) is 3.07. The van der Waals surface area contributed by atoms with E-state index >= 15 is 0 Å². The topological polar surface area (TPSA) is 68.0 Å². The first kappa shape index (κ1) is 17.9.